The van der Waals surface area contributed by atoms with Gasteiger partial charge in [0.1, 0.15) is 18.2 Å². The van der Waals surface area contributed by atoms with E-state index >= 15 is 0 Å². The lowest BCUT2D eigenvalue weighted by Gasteiger charge is -2.09. The Bertz CT molecular complexity index is 401. The normalized spacial score (nSPS) is 12.2. The molecule has 1 atom stereocenters. The van der Waals surface area contributed by atoms with E-state index in [4.69, 9.17) is 4.74 Å². The van der Waals surface area contributed by atoms with E-state index in [-0.39, 0.29) is 0 Å². The molecule has 18 heavy (non-hydrogen) atoms. The van der Waals surface area contributed by atoms with Crippen molar-refractivity contribution in [2.45, 2.75) is 13.5 Å². The van der Waals surface area contributed by atoms with E-state index in [1.54, 1.807) is 13.3 Å². The van der Waals surface area contributed by atoms with Gasteiger partial charge in [0.2, 0.25) is 0 Å². The summed E-state index contributed by atoms with van der Waals surface area (Å²) >= 11 is 0. The van der Waals surface area contributed by atoms with Crippen molar-refractivity contribution < 1.29 is 8.95 Å². The molecule has 0 spiro atoms. The zero-order valence-corrected chi connectivity index (χ0v) is 11.8. The standard InChI is InChI=1S/C11H20N4O2S/c1-4-17-8-11-14-9(12-2)7-10(15-11)13-5-6-18(3)16/h7H,4-6,8H2,1-3H3,(H2,12,13,14,15). The van der Waals surface area contributed by atoms with Crippen LogP contribution in [0, 0.1) is 0 Å². The van der Waals surface area contributed by atoms with E-state index in [0.29, 0.717) is 31.3 Å². The summed E-state index contributed by atoms with van der Waals surface area (Å²) in [6.07, 6.45) is 1.68. The second-order valence-electron chi connectivity index (χ2n) is 3.65. The first-order valence-electron chi connectivity index (χ1n) is 5.83. The molecule has 0 fully saturated rings. The molecule has 1 aromatic rings. The molecule has 102 valence electrons. The van der Waals surface area contributed by atoms with Crippen molar-refractivity contribution in [3.05, 3.63) is 11.9 Å². The van der Waals surface area contributed by atoms with Gasteiger partial charge in [0.15, 0.2) is 5.82 Å². The molecule has 0 aliphatic rings. The van der Waals surface area contributed by atoms with E-state index in [9.17, 15) is 4.21 Å². The summed E-state index contributed by atoms with van der Waals surface area (Å²) in [5, 5.41) is 6.10. The third-order valence-corrected chi connectivity index (χ3v) is 2.94. The number of aromatic nitrogens is 2. The van der Waals surface area contributed by atoms with Crippen LogP contribution in [-0.4, -0.2) is 46.4 Å². The third kappa shape index (κ3) is 5.42. The maximum atomic E-state index is 11.0. The molecular formula is C11H20N4O2S. The second kappa shape index (κ2) is 7.99. The summed E-state index contributed by atoms with van der Waals surface area (Å²) in [5.74, 6) is 2.68. The molecule has 0 aliphatic heterocycles. The Morgan fingerprint density at radius 1 is 1.39 bits per heavy atom. The van der Waals surface area contributed by atoms with Crippen LogP contribution in [-0.2, 0) is 22.1 Å². The summed E-state index contributed by atoms with van der Waals surface area (Å²) in [6.45, 7) is 3.57. The lowest BCUT2D eigenvalue weighted by Crippen LogP contribution is -2.13. The van der Waals surface area contributed by atoms with E-state index in [2.05, 4.69) is 20.6 Å². The molecule has 2 N–H and O–H groups in total. The molecule has 1 rings (SSSR count). The van der Waals surface area contributed by atoms with Gasteiger partial charge in [0, 0.05) is 49.1 Å². The Kier molecular flexibility index (Phi) is 6.59. The van der Waals surface area contributed by atoms with Crippen molar-refractivity contribution in [3.63, 3.8) is 0 Å². The molecule has 0 amide bonds. The van der Waals surface area contributed by atoms with Gasteiger partial charge >= 0.3 is 0 Å². The van der Waals surface area contributed by atoms with Crippen molar-refractivity contribution in [2.24, 2.45) is 0 Å². The summed E-state index contributed by atoms with van der Waals surface area (Å²) in [5.41, 5.74) is 0. The number of nitrogens with zero attached hydrogens (tertiary/aromatic N) is 2. The van der Waals surface area contributed by atoms with Gasteiger partial charge in [-0.3, -0.25) is 4.21 Å². The highest BCUT2D eigenvalue weighted by atomic mass is 32.2. The molecule has 0 saturated heterocycles. The lowest BCUT2D eigenvalue weighted by molar-refractivity contribution is 0.128. The number of nitrogens with one attached hydrogen (secondary N) is 2. The van der Waals surface area contributed by atoms with Gasteiger partial charge < -0.3 is 15.4 Å². The van der Waals surface area contributed by atoms with Crippen LogP contribution in [0.2, 0.25) is 0 Å². The highest BCUT2D eigenvalue weighted by molar-refractivity contribution is 7.84. The molecule has 0 saturated carbocycles. The fourth-order valence-corrected chi connectivity index (χ4v) is 1.69. The SMILES string of the molecule is CCOCc1nc(NC)cc(NCCS(C)=O)n1. The second-order valence-corrected chi connectivity index (χ2v) is 5.20. The molecule has 1 unspecified atom stereocenters. The van der Waals surface area contributed by atoms with Gasteiger partial charge in [-0.25, -0.2) is 9.97 Å². The van der Waals surface area contributed by atoms with Gasteiger partial charge in [-0.15, -0.1) is 0 Å². The monoisotopic (exact) mass is 272 g/mol. The van der Waals surface area contributed by atoms with Crippen molar-refractivity contribution in [1.29, 1.82) is 0 Å². The summed E-state index contributed by atoms with van der Waals surface area (Å²) in [6, 6.07) is 1.81. The van der Waals surface area contributed by atoms with E-state index < -0.39 is 10.8 Å². The highest BCUT2D eigenvalue weighted by Crippen LogP contribution is 2.11. The van der Waals surface area contributed by atoms with Crippen LogP contribution in [0.3, 0.4) is 0 Å². The minimum Gasteiger partial charge on any atom is -0.374 e. The Balaban J connectivity index is 2.67. The van der Waals surface area contributed by atoms with Crippen LogP contribution in [0.4, 0.5) is 11.6 Å². The van der Waals surface area contributed by atoms with Gasteiger partial charge in [-0.2, -0.15) is 0 Å². The van der Waals surface area contributed by atoms with E-state index in [1.807, 2.05) is 13.0 Å². The topological polar surface area (TPSA) is 76.1 Å². The van der Waals surface area contributed by atoms with Crippen LogP contribution >= 0.6 is 0 Å². The third-order valence-electron chi connectivity index (χ3n) is 2.16. The summed E-state index contributed by atoms with van der Waals surface area (Å²) in [4.78, 5) is 8.61. The fraction of sp³-hybridized carbons (Fsp3) is 0.636. The first kappa shape index (κ1) is 14.8. The minimum absolute atomic E-state index is 0.389. The minimum atomic E-state index is -0.803. The van der Waals surface area contributed by atoms with E-state index in [0.717, 1.165) is 11.6 Å². The molecule has 6 nitrogen and oxygen atoms in total. The highest BCUT2D eigenvalue weighted by Gasteiger charge is 2.04. The predicted octanol–water partition coefficient (Wildman–Crippen LogP) is 0.845. The van der Waals surface area contributed by atoms with Crippen LogP contribution < -0.4 is 10.6 Å². The van der Waals surface area contributed by atoms with E-state index in [1.165, 1.54) is 0 Å². The average Bonchev–Trinajstić information content (AvgIpc) is 2.35. The van der Waals surface area contributed by atoms with Gasteiger partial charge in [-0.05, 0) is 6.92 Å². The van der Waals surface area contributed by atoms with Gasteiger partial charge in [0.05, 0.1) is 0 Å². The first-order chi connectivity index (χ1) is 8.65. The van der Waals surface area contributed by atoms with Crippen molar-refractivity contribution in [3.8, 4) is 0 Å². The Hall–Kier alpha value is -1.21. The molecular weight excluding hydrogens is 252 g/mol. The van der Waals surface area contributed by atoms with Crippen LogP contribution in [0.15, 0.2) is 6.07 Å². The number of hydrogen-bond acceptors (Lipinski definition) is 6. The lowest BCUT2D eigenvalue weighted by atomic mass is 10.4. The van der Waals surface area contributed by atoms with Crippen LogP contribution in [0.5, 0.6) is 0 Å². The number of anilines is 2. The molecule has 0 aliphatic carbocycles. The molecule has 1 heterocycles. The predicted molar refractivity (Wildman–Crippen MR) is 74.3 cm³/mol. The maximum Gasteiger partial charge on any atom is 0.158 e. The molecule has 7 heteroatoms. The van der Waals surface area contributed by atoms with Crippen LogP contribution in [0.1, 0.15) is 12.7 Å². The smallest absolute Gasteiger partial charge is 0.158 e. The summed E-state index contributed by atoms with van der Waals surface area (Å²) < 4.78 is 16.3. The zero-order valence-electron chi connectivity index (χ0n) is 11.0. The molecule has 0 aromatic carbocycles. The number of rotatable bonds is 8. The Morgan fingerprint density at radius 2 is 2.11 bits per heavy atom. The maximum absolute atomic E-state index is 11.0. The Labute approximate surface area is 110 Å². The number of ether oxygens (including phenoxy) is 1. The van der Waals surface area contributed by atoms with Gasteiger partial charge in [0.25, 0.3) is 0 Å². The van der Waals surface area contributed by atoms with Crippen LogP contribution in [0.25, 0.3) is 0 Å². The fourth-order valence-electron chi connectivity index (χ4n) is 1.30. The van der Waals surface area contributed by atoms with Crippen molar-refractivity contribution >= 4 is 22.4 Å². The quantitative estimate of drug-likeness (QED) is 0.730. The van der Waals surface area contributed by atoms with Crippen molar-refractivity contribution in [1.82, 2.24) is 9.97 Å². The average molecular weight is 272 g/mol. The van der Waals surface area contributed by atoms with Crippen molar-refractivity contribution in [2.75, 3.05) is 42.8 Å². The zero-order chi connectivity index (χ0) is 13.4. The molecule has 0 bridgehead atoms. The van der Waals surface area contributed by atoms with Gasteiger partial charge in [-0.1, -0.05) is 0 Å². The largest absolute Gasteiger partial charge is 0.374 e. The number of hydrogen-bond donors (Lipinski definition) is 2. The first-order valence-corrected chi connectivity index (χ1v) is 7.55. The molecule has 0 radical (unpaired) electrons. The molecule has 1 aromatic heterocycles. The Morgan fingerprint density at radius 3 is 2.72 bits per heavy atom. The summed E-state index contributed by atoms with van der Waals surface area (Å²) in [7, 11) is 1.00.